The lowest BCUT2D eigenvalue weighted by Gasteiger charge is -2.16. The van der Waals surface area contributed by atoms with E-state index < -0.39 is 0 Å². The van der Waals surface area contributed by atoms with Gasteiger partial charge in [0, 0.05) is 21.1 Å². The summed E-state index contributed by atoms with van der Waals surface area (Å²) in [6, 6.07) is 8.96. The van der Waals surface area contributed by atoms with E-state index in [1.165, 1.54) is 15.3 Å². The van der Waals surface area contributed by atoms with E-state index in [9.17, 15) is 0 Å². The highest BCUT2D eigenvalue weighted by Crippen LogP contribution is 2.28. The van der Waals surface area contributed by atoms with Crippen molar-refractivity contribution >= 4 is 11.3 Å². The molecular formula is C14H18N2S. The predicted octanol–water partition coefficient (Wildman–Crippen LogP) is 3.38. The molecule has 1 unspecified atom stereocenters. The maximum absolute atomic E-state index is 4.43. The van der Waals surface area contributed by atoms with E-state index in [2.05, 4.69) is 41.5 Å². The quantitative estimate of drug-likeness (QED) is 0.898. The van der Waals surface area contributed by atoms with Gasteiger partial charge in [0.1, 0.15) is 0 Å². The minimum absolute atomic E-state index is 0.272. The largest absolute Gasteiger partial charge is 0.309 e. The Kier molecular flexibility index (Phi) is 3.60. The van der Waals surface area contributed by atoms with Crippen LogP contribution < -0.4 is 5.32 Å². The Morgan fingerprint density at radius 3 is 2.24 bits per heavy atom. The summed E-state index contributed by atoms with van der Waals surface area (Å²) in [5.41, 5.74) is 3.45. The van der Waals surface area contributed by atoms with Gasteiger partial charge in [-0.05, 0) is 57.6 Å². The van der Waals surface area contributed by atoms with Crippen LogP contribution in [0.3, 0.4) is 0 Å². The molecule has 3 heteroatoms. The van der Waals surface area contributed by atoms with Gasteiger partial charge in [-0.3, -0.25) is 4.98 Å². The van der Waals surface area contributed by atoms with Crippen LogP contribution in [0.15, 0.2) is 24.3 Å². The van der Waals surface area contributed by atoms with Gasteiger partial charge in [0.2, 0.25) is 0 Å². The lowest BCUT2D eigenvalue weighted by Crippen LogP contribution is -2.17. The lowest BCUT2D eigenvalue weighted by atomic mass is 10.0. The van der Waals surface area contributed by atoms with Crippen LogP contribution in [0.1, 0.15) is 32.7 Å². The molecular weight excluding hydrogens is 228 g/mol. The number of hydrogen-bond acceptors (Lipinski definition) is 3. The molecule has 0 fully saturated rings. The van der Waals surface area contributed by atoms with Gasteiger partial charge in [-0.1, -0.05) is 0 Å². The van der Waals surface area contributed by atoms with Gasteiger partial charge in [-0.15, -0.1) is 11.3 Å². The molecule has 0 amide bonds. The van der Waals surface area contributed by atoms with Crippen LogP contribution in [0, 0.1) is 20.8 Å². The molecule has 1 atom stereocenters. The summed E-state index contributed by atoms with van der Waals surface area (Å²) < 4.78 is 0. The first-order chi connectivity index (χ1) is 8.10. The van der Waals surface area contributed by atoms with E-state index in [1.807, 2.05) is 32.2 Å². The lowest BCUT2D eigenvalue weighted by molar-refractivity contribution is 0.700. The smallest absolute Gasteiger partial charge is 0.0670 e. The van der Waals surface area contributed by atoms with Crippen molar-refractivity contribution in [2.45, 2.75) is 26.8 Å². The molecule has 0 aromatic carbocycles. The third-order valence-electron chi connectivity index (χ3n) is 2.77. The van der Waals surface area contributed by atoms with E-state index in [0.29, 0.717) is 0 Å². The molecule has 0 saturated carbocycles. The first-order valence-electron chi connectivity index (χ1n) is 5.79. The first kappa shape index (κ1) is 12.3. The van der Waals surface area contributed by atoms with Crippen molar-refractivity contribution < 1.29 is 0 Å². The Bertz CT molecular complexity index is 496. The molecule has 0 aliphatic rings. The minimum Gasteiger partial charge on any atom is -0.309 e. The van der Waals surface area contributed by atoms with Crippen LogP contribution in [0.2, 0.25) is 0 Å². The van der Waals surface area contributed by atoms with Crippen molar-refractivity contribution in [1.29, 1.82) is 0 Å². The fraction of sp³-hybridized carbons (Fsp3) is 0.357. The topological polar surface area (TPSA) is 24.9 Å². The summed E-state index contributed by atoms with van der Waals surface area (Å²) in [4.78, 5) is 7.13. The maximum atomic E-state index is 4.43. The van der Waals surface area contributed by atoms with Gasteiger partial charge >= 0.3 is 0 Å². The maximum Gasteiger partial charge on any atom is 0.0670 e. The molecule has 2 nitrogen and oxygen atoms in total. The number of thiophene rings is 1. The van der Waals surface area contributed by atoms with Crippen molar-refractivity contribution in [3.05, 3.63) is 51.0 Å². The van der Waals surface area contributed by atoms with Gasteiger partial charge in [0.25, 0.3) is 0 Å². The number of aromatic nitrogens is 1. The molecule has 0 radical (unpaired) electrons. The zero-order valence-corrected chi connectivity index (χ0v) is 11.6. The second-order valence-corrected chi connectivity index (χ2v) is 5.67. The second kappa shape index (κ2) is 4.98. The zero-order chi connectivity index (χ0) is 12.4. The Balaban J connectivity index is 2.41. The Morgan fingerprint density at radius 1 is 1.12 bits per heavy atom. The van der Waals surface area contributed by atoms with Crippen molar-refractivity contribution in [2.24, 2.45) is 0 Å². The standard InChI is InChI=1S/C14H18N2S/c1-9-7-12(8-10(2)16-9)14(15-4)13-6-5-11(3)17-13/h5-8,14-15H,1-4H3. The van der Waals surface area contributed by atoms with Crippen LogP contribution in [-0.4, -0.2) is 12.0 Å². The molecule has 0 spiro atoms. The molecule has 2 heterocycles. The van der Waals surface area contributed by atoms with Gasteiger partial charge in [0.05, 0.1) is 6.04 Å². The summed E-state index contributed by atoms with van der Waals surface area (Å²) >= 11 is 1.84. The summed E-state index contributed by atoms with van der Waals surface area (Å²) in [6.07, 6.45) is 0. The zero-order valence-electron chi connectivity index (χ0n) is 10.7. The van der Waals surface area contributed by atoms with Gasteiger partial charge < -0.3 is 5.32 Å². The summed E-state index contributed by atoms with van der Waals surface area (Å²) in [7, 11) is 2.00. The SMILES string of the molecule is CNC(c1cc(C)nc(C)c1)c1ccc(C)s1. The average Bonchev–Trinajstić information content (AvgIpc) is 2.64. The Hall–Kier alpha value is -1.19. The molecule has 0 saturated heterocycles. The molecule has 2 aromatic heterocycles. The van der Waals surface area contributed by atoms with Gasteiger partial charge in [-0.2, -0.15) is 0 Å². The molecule has 0 aliphatic heterocycles. The monoisotopic (exact) mass is 246 g/mol. The van der Waals surface area contributed by atoms with Crippen LogP contribution in [0.5, 0.6) is 0 Å². The fourth-order valence-corrected chi connectivity index (χ4v) is 3.13. The summed E-state index contributed by atoms with van der Waals surface area (Å²) in [5.74, 6) is 0. The number of pyridine rings is 1. The molecule has 2 aromatic rings. The molecule has 0 aliphatic carbocycles. The third-order valence-corrected chi connectivity index (χ3v) is 3.84. The molecule has 17 heavy (non-hydrogen) atoms. The third kappa shape index (κ3) is 2.73. The van der Waals surface area contributed by atoms with E-state index in [-0.39, 0.29) is 6.04 Å². The van der Waals surface area contributed by atoms with Gasteiger partial charge in [-0.25, -0.2) is 0 Å². The highest BCUT2D eigenvalue weighted by molar-refractivity contribution is 7.12. The number of aryl methyl sites for hydroxylation is 3. The number of nitrogens with one attached hydrogen (secondary N) is 1. The Labute approximate surface area is 107 Å². The summed E-state index contributed by atoms with van der Waals surface area (Å²) in [6.45, 7) is 6.23. The second-order valence-electron chi connectivity index (χ2n) is 4.35. The van der Waals surface area contributed by atoms with Crippen LogP contribution in [-0.2, 0) is 0 Å². The molecule has 1 N–H and O–H groups in total. The molecule has 0 bridgehead atoms. The van der Waals surface area contributed by atoms with E-state index in [0.717, 1.165) is 11.4 Å². The minimum atomic E-state index is 0.272. The molecule has 90 valence electrons. The predicted molar refractivity (Wildman–Crippen MR) is 73.7 cm³/mol. The number of hydrogen-bond donors (Lipinski definition) is 1. The van der Waals surface area contributed by atoms with Crippen LogP contribution in [0.25, 0.3) is 0 Å². The normalized spacial score (nSPS) is 12.7. The van der Waals surface area contributed by atoms with Gasteiger partial charge in [0.15, 0.2) is 0 Å². The highest BCUT2D eigenvalue weighted by atomic mass is 32.1. The number of nitrogens with zero attached hydrogens (tertiary/aromatic N) is 1. The van der Waals surface area contributed by atoms with Crippen LogP contribution in [0.4, 0.5) is 0 Å². The van der Waals surface area contributed by atoms with E-state index >= 15 is 0 Å². The van der Waals surface area contributed by atoms with Crippen LogP contribution >= 0.6 is 11.3 Å². The van der Waals surface area contributed by atoms with Crippen molar-refractivity contribution in [3.63, 3.8) is 0 Å². The van der Waals surface area contributed by atoms with E-state index in [1.54, 1.807) is 0 Å². The average molecular weight is 246 g/mol. The van der Waals surface area contributed by atoms with Crippen molar-refractivity contribution in [2.75, 3.05) is 7.05 Å². The first-order valence-corrected chi connectivity index (χ1v) is 6.60. The highest BCUT2D eigenvalue weighted by Gasteiger charge is 2.14. The number of rotatable bonds is 3. The van der Waals surface area contributed by atoms with Crippen molar-refractivity contribution in [3.8, 4) is 0 Å². The fourth-order valence-electron chi connectivity index (χ4n) is 2.12. The van der Waals surface area contributed by atoms with E-state index in [4.69, 9.17) is 0 Å². The van der Waals surface area contributed by atoms with Crippen molar-refractivity contribution in [1.82, 2.24) is 10.3 Å². The Morgan fingerprint density at radius 2 is 1.76 bits per heavy atom. The summed E-state index contributed by atoms with van der Waals surface area (Å²) in [5, 5.41) is 3.39. The molecule has 2 rings (SSSR count).